The second-order valence-corrected chi connectivity index (χ2v) is 8.27. The number of thiocarbonyl (C=S) groups is 1. The van der Waals surface area contributed by atoms with Crippen LogP contribution in [-0.2, 0) is 19.6 Å². The molecule has 32 heavy (non-hydrogen) atoms. The van der Waals surface area contributed by atoms with E-state index in [2.05, 4.69) is 16.4 Å². The molecule has 0 aliphatic rings. The van der Waals surface area contributed by atoms with E-state index in [0.717, 1.165) is 33.4 Å². The molecule has 0 atom stereocenters. The number of aromatic nitrogens is 1. The summed E-state index contributed by atoms with van der Waals surface area (Å²) in [6.07, 6.45) is 1.61. The van der Waals surface area contributed by atoms with E-state index in [-0.39, 0.29) is 11.4 Å². The zero-order valence-corrected chi connectivity index (χ0v) is 18.8. The Morgan fingerprint density at radius 2 is 1.91 bits per heavy atom. The van der Waals surface area contributed by atoms with Gasteiger partial charge in [0.15, 0.2) is 5.11 Å². The summed E-state index contributed by atoms with van der Waals surface area (Å²) in [6.45, 7) is 5.20. The first kappa shape index (κ1) is 21.8. The van der Waals surface area contributed by atoms with Gasteiger partial charge in [0, 0.05) is 23.0 Å². The Bertz CT molecular complexity index is 1300. The van der Waals surface area contributed by atoms with Crippen LogP contribution in [0.15, 0.2) is 70.1 Å². The van der Waals surface area contributed by atoms with Crippen LogP contribution < -0.4 is 10.9 Å². The molecule has 0 radical (unpaired) electrons. The minimum absolute atomic E-state index is 0.152. The molecule has 0 unspecified atom stereocenters. The quantitative estimate of drug-likeness (QED) is 0.408. The summed E-state index contributed by atoms with van der Waals surface area (Å²) in [4.78, 5) is 17.7. The Kier molecular flexibility index (Phi) is 6.37. The van der Waals surface area contributed by atoms with Gasteiger partial charge in [-0.2, -0.15) is 0 Å². The number of halogens is 1. The van der Waals surface area contributed by atoms with Crippen LogP contribution in [0.4, 0.5) is 4.39 Å². The molecule has 4 rings (SSSR count). The fourth-order valence-electron chi connectivity index (χ4n) is 3.74. The maximum atomic E-state index is 13.4. The molecule has 0 spiro atoms. The topological polar surface area (TPSA) is 61.3 Å². The summed E-state index contributed by atoms with van der Waals surface area (Å²) in [6, 6.07) is 15.9. The Morgan fingerprint density at radius 3 is 2.62 bits per heavy atom. The number of aryl methyl sites for hydroxylation is 2. The Balaban J connectivity index is 1.62. The van der Waals surface area contributed by atoms with Crippen molar-refractivity contribution in [3.8, 4) is 0 Å². The van der Waals surface area contributed by atoms with Gasteiger partial charge in [-0.3, -0.25) is 4.79 Å². The predicted octanol–water partition coefficient (Wildman–Crippen LogP) is 4.95. The van der Waals surface area contributed by atoms with Crippen LogP contribution in [0.25, 0.3) is 10.9 Å². The van der Waals surface area contributed by atoms with Gasteiger partial charge in [0.05, 0.1) is 19.4 Å². The normalized spacial score (nSPS) is 11.0. The van der Waals surface area contributed by atoms with E-state index >= 15 is 0 Å². The van der Waals surface area contributed by atoms with E-state index in [9.17, 15) is 9.18 Å². The number of fused-ring (bicyclic) bond motifs is 1. The van der Waals surface area contributed by atoms with Crippen LogP contribution in [-0.4, -0.2) is 15.0 Å². The minimum Gasteiger partial charge on any atom is -0.467 e. The molecule has 2 heterocycles. The summed E-state index contributed by atoms with van der Waals surface area (Å²) in [7, 11) is 0. The minimum atomic E-state index is -0.296. The lowest BCUT2D eigenvalue weighted by atomic mass is 10.0. The van der Waals surface area contributed by atoms with Gasteiger partial charge in [-0.15, -0.1) is 0 Å². The van der Waals surface area contributed by atoms with Gasteiger partial charge in [0.25, 0.3) is 5.56 Å². The SMILES string of the molecule is Cc1cc(C)c2cc(CN(Cc3ccc(F)cc3)C(=S)NCc3ccco3)c(=O)[nH]c2c1. The van der Waals surface area contributed by atoms with Gasteiger partial charge < -0.3 is 19.6 Å². The third-order valence-electron chi connectivity index (χ3n) is 5.32. The molecule has 2 aromatic heterocycles. The van der Waals surface area contributed by atoms with Gasteiger partial charge in [0.2, 0.25) is 0 Å². The van der Waals surface area contributed by atoms with E-state index in [4.69, 9.17) is 16.6 Å². The Labute approximate surface area is 190 Å². The zero-order valence-electron chi connectivity index (χ0n) is 17.9. The van der Waals surface area contributed by atoms with Crippen LogP contribution >= 0.6 is 12.2 Å². The number of aromatic amines is 1. The van der Waals surface area contributed by atoms with Gasteiger partial charge in [-0.1, -0.05) is 18.2 Å². The van der Waals surface area contributed by atoms with Crippen molar-refractivity contribution >= 4 is 28.2 Å². The molecule has 0 bridgehead atoms. The molecule has 7 heteroatoms. The van der Waals surface area contributed by atoms with Crippen molar-refractivity contribution in [1.82, 2.24) is 15.2 Å². The number of benzene rings is 2. The highest BCUT2D eigenvalue weighted by atomic mass is 32.1. The molecule has 0 amide bonds. The highest BCUT2D eigenvalue weighted by Crippen LogP contribution is 2.19. The maximum Gasteiger partial charge on any atom is 0.253 e. The van der Waals surface area contributed by atoms with Crippen LogP contribution in [0, 0.1) is 19.7 Å². The fourth-order valence-corrected chi connectivity index (χ4v) is 3.94. The zero-order chi connectivity index (χ0) is 22.7. The van der Waals surface area contributed by atoms with Gasteiger partial charge in [-0.05, 0) is 79.2 Å². The highest BCUT2D eigenvalue weighted by Gasteiger charge is 2.15. The number of nitrogens with one attached hydrogen (secondary N) is 2. The van der Waals surface area contributed by atoms with Crippen molar-refractivity contribution in [3.63, 3.8) is 0 Å². The van der Waals surface area contributed by atoms with E-state index in [1.54, 1.807) is 18.4 Å². The molecule has 0 saturated carbocycles. The first-order valence-corrected chi connectivity index (χ1v) is 10.7. The van der Waals surface area contributed by atoms with Gasteiger partial charge >= 0.3 is 0 Å². The number of furan rings is 1. The Hall–Kier alpha value is -3.45. The number of hydrogen-bond donors (Lipinski definition) is 2. The molecule has 4 aromatic rings. The molecular formula is C25H24FN3O2S. The molecule has 5 nitrogen and oxygen atoms in total. The summed E-state index contributed by atoms with van der Waals surface area (Å²) in [5.74, 6) is 0.458. The van der Waals surface area contributed by atoms with Crippen molar-refractivity contribution in [2.75, 3.05) is 0 Å². The predicted molar refractivity (Wildman–Crippen MR) is 128 cm³/mol. The summed E-state index contributed by atoms with van der Waals surface area (Å²) in [5.41, 5.74) is 4.35. The standard InChI is InChI=1S/C25H24FN3O2S/c1-16-10-17(2)22-12-19(24(30)28-23(22)11-16)15-29(14-18-5-7-20(26)8-6-18)25(32)27-13-21-4-3-9-31-21/h3-12H,13-15H2,1-2H3,(H,27,32)(H,28,30). The third kappa shape index (κ3) is 5.06. The summed E-state index contributed by atoms with van der Waals surface area (Å²) >= 11 is 5.64. The number of nitrogens with zero attached hydrogens (tertiary/aromatic N) is 1. The van der Waals surface area contributed by atoms with Crippen LogP contribution in [0.3, 0.4) is 0 Å². The van der Waals surface area contributed by atoms with Crippen molar-refractivity contribution in [2.45, 2.75) is 33.5 Å². The van der Waals surface area contributed by atoms with E-state index in [1.807, 2.05) is 43.0 Å². The lowest BCUT2D eigenvalue weighted by Crippen LogP contribution is -2.39. The van der Waals surface area contributed by atoms with Gasteiger partial charge in [-0.25, -0.2) is 4.39 Å². The molecule has 2 aromatic carbocycles. The molecule has 2 N–H and O–H groups in total. The second kappa shape index (κ2) is 9.36. The van der Waals surface area contributed by atoms with Crippen LogP contribution in [0.5, 0.6) is 0 Å². The smallest absolute Gasteiger partial charge is 0.253 e. The van der Waals surface area contributed by atoms with Crippen LogP contribution in [0.1, 0.15) is 28.0 Å². The fraction of sp³-hybridized carbons (Fsp3) is 0.200. The molecule has 0 fully saturated rings. The first-order valence-electron chi connectivity index (χ1n) is 10.3. The first-order chi connectivity index (χ1) is 15.4. The average molecular weight is 450 g/mol. The average Bonchev–Trinajstić information content (AvgIpc) is 3.27. The lowest BCUT2D eigenvalue weighted by molar-refractivity contribution is 0.393. The van der Waals surface area contributed by atoms with Crippen molar-refractivity contribution < 1.29 is 8.81 Å². The molecular weight excluding hydrogens is 425 g/mol. The molecule has 0 aliphatic heterocycles. The number of rotatable bonds is 6. The largest absolute Gasteiger partial charge is 0.467 e. The third-order valence-corrected chi connectivity index (χ3v) is 5.72. The number of hydrogen-bond acceptors (Lipinski definition) is 3. The van der Waals surface area contributed by atoms with E-state index in [0.29, 0.717) is 30.3 Å². The molecule has 0 aliphatic carbocycles. The Morgan fingerprint density at radius 1 is 1.12 bits per heavy atom. The molecule has 164 valence electrons. The van der Waals surface area contributed by atoms with Gasteiger partial charge in [0.1, 0.15) is 11.6 Å². The lowest BCUT2D eigenvalue weighted by Gasteiger charge is -2.26. The second-order valence-electron chi connectivity index (χ2n) is 7.89. The number of H-pyrrole nitrogens is 1. The monoisotopic (exact) mass is 449 g/mol. The molecule has 0 saturated heterocycles. The van der Waals surface area contributed by atoms with Crippen molar-refractivity contribution in [3.05, 3.63) is 105 Å². The van der Waals surface area contributed by atoms with Crippen LogP contribution in [0.2, 0.25) is 0 Å². The number of pyridine rings is 1. The summed E-state index contributed by atoms with van der Waals surface area (Å²) < 4.78 is 18.7. The van der Waals surface area contributed by atoms with E-state index in [1.165, 1.54) is 12.1 Å². The van der Waals surface area contributed by atoms with E-state index < -0.39 is 0 Å². The maximum absolute atomic E-state index is 13.4. The van der Waals surface area contributed by atoms with Crippen molar-refractivity contribution in [1.29, 1.82) is 0 Å². The summed E-state index contributed by atoms with van der Waals surface area (Å²) in [5, 5.41) is 4.67. The highest BCUT2D eigenvalue weighted by molar-refractivity contribution is 7.80. The van der Waals surface area contributed by atoms with Crippen molar-refractivity contribution in [2.24, 2.45) is 0 Å².